The van der Waals surface area contributed by atoms with E-state index in [0.29, 0.717) is 5.70 Å². The second-order valence-electron chi connectivity index (χ2n) is 2.77. The number of nitrogens with zero attached hydrogens (tertiary/aromatic N) is 1. The van der Waals surface area contributed by atoms with Gasteiger partial charge in [0.15, 0.2) is 5.57 Å². The van der Waals surface area contributed by atoms with Gasteiger partial charge in [-0.2, -0.15) is 5.26 Å². The molecule has 1 amide bonds. The van der Waals surface area contributed by atoms with E-state index in [4.69, 9.17) is 10.4 Å². The summed E-state index contributed by atoms with van der Waals surface area (Å²) < 4.78 is 0. The van der Waals surface area contributed by atoms with E-state index in [-0.39, 0.29) is 11.3 Å². The van der Waals surface area contributed by atoms with Crippen LogP contribution in [0.25, 0.3) is 0 Å². The molecule has 0 aliphatic carbocycles. The molecule has 0 aliphatic rings. The third-order valence-corrected chi connectivity index (χ3v) is 1.62. The van der Waals surface area contributed by atoms with Crippen molar-refractivity contribution in [2.45, 2.75) is 34.6 Å². The molecule has 0 aromatic heterocycles. The first-order valence-electron chi connectivity index (χ1n) is 5.97. The molecule has 0 fully saturated rings. The van der Waals surface area contributed by atoms with Crippen molar-refractivity contribution in [2.24, 2.45) is 0 Å². The SMILES string of the molecule is C/C=C\C(=C/C)NC(=O)/C(C#N)=C(/C)O.C=C.CC. The molecule has 19 heavy (non-hydrogen) atoms. The highest BCUT2D eigenvalue weighted by atomic mass is 16.3. The largest absolute Gasteiger partial charge is 0.511 e. The molecule has 4 heteroatoms. The third kappa shape index (κ3) is 10.6. The van der Waals surface area contributed by atoms with Crippen LogP contribution in [-0.2, 0) is 4.79 Å². The Kier molecular flexibility index (Phi) is 18.2. The fraction of sp³-hybridized carbons (Fsp3) is 0.333. The predicted octanol–water partition coefficient (Wildman–Crippen LogP) is 3.77. The Balaban J connectivity index is -0.000000579. The topological polar surface area (TPSA) is 73.1 Å². The van der Waals surface area contributed by atoms with Crippen molar-refractivity contribution in [1.29, 1.82) is 5.26 Å². The number of carbonyl (C=O) groups excluding carboxylic acids is 1. The Morgan fingerprint density at radius 2 is 1.79 bits per heavy atom. The summed E-state index contributed by atoms with van der Waals surface area (Å²) in [5, 5.41) is 20.2. The molecule has 0 spiro atoms. The van der Waals surface area contributed by atoms with E-state index in [1.54, 1.807) is 31.2 Å². The summed E-state index contributed by atoms with van der Waals surface area (Å²) in [6.45, 7) is 14.9. The lowest BCUT2D eigenvalue weighted by Gasteiger charge is -2.04. The van der Waals surface area contributed by atoms with E-state index in [2.05, 4.69) is 18.5 Å². The quantitative estimate of drug-likeness (QED) is 0.268. The lowest BCUT2D eigenvalue weighted by Crippen LogP contribution is -2.23. The Bertz CT molecular complexity index is 381. The normalized spacial score (nSPS) is 11.1. The van der Waals surface area contributed by atoms with Gasteiger partial charge in [-0.05, 0) is 26.8 Å². The maximum atomic E-state index is 11.4. The van der Waals surface area contributed by atoms with Crippen LogP contribution in [-0.4, -0.2) is 11.0 Å². The van der Waals surface area contributed by atoms with E-state index >= 15 is 0 Å². The molecular formula is C15H24N2O2. The number of carbonyl (C=O) groups is 1. The smallest absolute Gasteiger partial charge is 0.269 e. The molecule has 0 radical (unpaired) electrons. The van der Waals surface area contributed by atoms with Gasteiger partial charge in [-0.3, -0.25) is 4.79 Å². The van der Waals surface area contributed by atoms with Crippen LogP contribution >= 0.6 is 0 Å². The zero-order valence-electron chi connectivity index (χ0n) is 12.4. The lowest BCUT2D eigenvalue weighted by molar-refractivity contribution is -0.116. The lowest BCUT2D eigenvalue weighted by atomic mass is 10.2. The number of amides is 1. The highest BCUT2D eigenvalue weighted by molar-refractivity contribution is 5.98. The van der Waals surface area contributed by atoms with E-state index < -0.39 is 5.91 Å². The van der Waals surface area contributed by atoms with Crippen LogP contribution in [0.3, 0.4) is 0 Å². The molecule has 0 aliphatic heterocycles. The minimum atomic E-state index is -0.608. The monoisotopic (exact) mass is 264 g/mol. The maximum absolute atomic E-state index is 11.4. The Morgan fingerprint density at radius 1 is 1.32 bits per heavy atom. The average molecular weight is 264 g/mol. The van der Waals surface area contributed by atoms with Gasteiger partial charge in [-0.15, -0.1) is 13.2 Å². The van der Waals surface area contributed by atoms with Crippen LogP contribution in [0, 0.1) is 11.3 Å². The third-order valence-electron chi connectivity index (χ3n) is 1.62. The first-order valence-corrected chi connectivity index (χ1v) is 5.97. The van der Waals surface area contributed by atoms with Gasteiger partial charge in [0.25, 0.3) is 5.91 Å². The summed E-state index contributed by atoms with van der Waals surface area (Å²) in [5.41, 5.74) is 0.301. The Morgan fingerprint density at radius 3 is 2.05 bits per heavy atom. The second-order valence-corrected chi connectivity index (χ2v) is 2.77. The van der Waals surface area contributed by atoms with Crippen LogP contribution in [0.15, 0.2) is 48.4 Å². The molecule has 0 aromatic rings. The van der Waals surface area contributed by atoms with Crippen molar-refractivity contribution < 1.29 is 9.90 Å². The number of nitrogens with one attached hydrogen (secondary N) is 1. The van der Waals surface area contributed by atoms with Crippen LogP contribution < -0.4 is 5.32 Å². The second kappa shape index (κ2) is 15.7. The molecule has 0 bridgehead atoms. The van der Waals surface area contributed by atoms with Crippen molar-refractivity contribution >= 4 is 5.91 Å². The first-order chi connectivity index (χ1) is 9.06. The van der Waals surface area contributed by atoms with Gasteiger partial charge in [-0.1, -0.05) is 26.0 Å². The van der Waals surface area contributed by atoms with E-state index in [1.165, 1.54) is 6.92 Å². The molecule has 0 heterocycles. The number of hydrogen-bond donors (Lipinski definition) is 2. The summed E-state index contributed by atoms with van der Waals surface area (Å²) in [6, 6.07) is 1.64. The van der Waals surface area contributed by atoms with Gasteiger partial charge in [0.05, 0.1) is 0 Å². The Hall–Kier alpha value is -2.28. The van der Waals surface area contributed by atoms with Gasteiger partial charge >= 0.3 is 0 Å². The Labute approximate surface area is 116 Å². The van der Waals surface area contributed by atoms with Gasteiger partial charge in [-0.25, -0.2) is 0 Å². The van der Waals surface area contributed by atoms with Gasteiger partial charge in [0.2, 0.25) is 0 Å². The summed E-state index contributed by atoms with van der Waals surface area (Å²) in [5.74, 6) is -0.894. The van der Waals surface area contributed by atoms with E-state index in [1.807, 2.05) is 20.8 Å². The van der Waals surface area contributed by atoms with Crippen LogP contribution in [0.2, 0.25) is 0 Å². The van der Waals surface area contributed by atoms with Crippen molar-refractivity contribution in [3.63, 3.8) is 0 Å². The van der Waals surface area contributed by atoms with E-state index in [9.17, 15) is 4.79 Å². The minimum Gasteiger partial charge on any atom is -0.511 e. The van der Waals surface area contributed by atoms with Crippen LogP contribution in [0.4, 0.5) is 0 Å². The van der Waals surface area contributed by atoms with E-state index in [0.717, 1.165) is 0 Å². The molecule has 4 nitrogen and oxygen atoms in total. The first kappa shape index (κ1) is 21.9. The standard InChI is InChI=1S/C11H14N2O2.C2H6.C2H4/c1-4-6-9(5-2)13-11(15)10(7-12)8(3)14;2*1-2/h4-6,14H,1-3H3,(H,13,15);1-2H3;1-2H2/b6-4-,9-5+,10-8-;;. The molecule has 2 N–H and O–H groups in total. The predicted molar refractivity (Wildman–Crippen MR) is 80.3 cm³/mol. The number of nitriles is 1. The molecule has 0 rings (SSSR count). The zero-order chi connectivity index (χ0) is 15.8. The number of aliphatic hydroxyl groups is 1. The van der Waals surface area contributed by atoms with Crippen molar-refractivity contribution in [1.82, 2.24) is 5.32 Å². The zero-order valence-corrected chi connectivity index (χ0v) is 12.4. The summed E-state index contributed by atoms with van der Waals surface area (Å²) in [7, 11) is 0. The number of aliphatic hydroxyl groups excluding tert-OH is 1. The molecule has 0 aromatic carbocycles. The number of allylic oxidation sites excluding steroid dienone is 4. The molecule has 0 saturated heterocycles. The highest BCUT2D eigenvalue weighted by Crippen LogP contribution is 2.01. The summed E-state index contributed by atoms with van der Waals surface area (Å²) >= 11 is 0. The highest BCUT2D eigenvalue weighted by Gasteiger charge is 2.12. The average Bonchev–Trinajstić information content (AvgIpc) is 2.43. The van der Waals surface area contributed by atoms with Gasteiger partial charge < -0.3 is 10.4 Å². The van der Waals surface area contributed by atoms with Gasteiger partial charge in [0, 0.05) is 5.70 Å². The molecule has 0 saturated carbocycles. The van der Waals surface area contributed by atoms with Crippen molar-refractivity contribution in [3.8, 4) is 6.07 Å². The molecular weight excluding hydrogens is 240 g/mol. The van der Waals surface area contributed by atoms with Crippen molar-refractivity contribution in [3.05, 3.63) is 48.4 Å². The molecule has 106 valence electrons. The molecule has 0 atom stereocenters. The fourth-order valence-electron chi connectivity index (χ4n) is 0.879. The summed E-state index contributed by atoms with van der Waals surface area (Å²) in [4.78, 5) is 11.4. The molecule has 0 unspecified atom stereocenters. The minimum absolute atomic E-state index is 0.279. The van der Waals surface area contributed by atoms with Crippen molar-refractivity contribution in [2.75, 3.05) is 0 Å². The number of hydrogen-bond acceptors (Lipinski definition) is 3. The maximum Gasteiger partial charge on any atom is 0.269 e. The fourth-order valence-corrected chi connectivity index (χ4v) is 0.879. The van der Waals surface area contributed by atoms with Crippen LogP contribution in [0.5, 0.6) is 0 Å². The van der Waals surface area contributed by atoms with Gasteiger partial charge in [0.1, 0.15) is 11.8 Å². The summed E-state index contributed by atoms with van der Waals surface area (Å²) in [6.07, 6.45) is 5.15. The number of rotatable bonds is 3. The van der Waals surface area contributed by atoms with Crippen LogP contribution in [0.1, 0.15) is 34.6 Å².